The highest BCUT2D eigenvalue weighted by Gasteiger charge is 2.31. The maximum atomic E-state index is 12.8. The highest BCUT2D eigenvalue weighted by atomic mass is 35.5. The number of carbonyl (C=O) groups excluding carboxylic acids is 1. The number of benzene rings is 2. The Morgan fingerprint density at radius 1 is 1.21 bits per heavy atom. The van der Waals surface area contributed by atoms with Crippen molar-refractivity contribution in [2.45, 2.75) is 20.0 Å². The highest BCUT2D eigenvalue weighted by molar-refractivity contribution is 6.34. The second-order valence-corrected chi connectivity index (χ2v) is 5.47. The summed E-state index contributed by atoms with van der Waals surface area (Å²) in [5.74, 6) is 0.0912. The van der Waals surface area contributed by atoms with Crippen LogP contribution in [0.15, 0.2) is 36.4 Å². The number of rotatable bonds is 4. The van der Waals surface area contributed by atoms with Crippen LogP contribution in [0.1, 0.15) is 28.4 Å². The molecule has 1 amide bonds. The molecule has 0 aliphatic heterocycles. The summed E-state index contributed by atoms with van der Waals surface area (Å²) >= 11 is 5.87. The minimum absolute atomic E-state index is 0.0269. The van der Waals surface area contributed by atoms with Crippen molar-refractivity contribution in [1.29, 1.82) is 0 Å². The number of halogens is 4. The van der Waals surface area contributed by atoms with E-state index in [-0.39, 0.29) is 10.7 Å². The van der Waals surface area contributed by atoms with E-state index in [1.807, 2.05) is 6.92 Å². The van der Waals surface area contributed by atoms with Crippen molar-refractivity contribution in [3.63, 3.8) is 0 Å². The van der Waals surface area contributed by atoms with E-state index < -0.39 is 17.6 Å². The molecule has 0 bridgehead atoms. The van der Waals surface area contributed by atoms with Gasteiger partial charge in [0.25, 0.3) is 5.91 Å². The topological polar surface area (TPSA) is 38.3 Å². The van der Waals surface area contributed by atoms with Gasteiger partial charge in [-0.15, -0.1) is 0 Å². The summed E-state index contributed by atoms with van der Waals surface area (Å²) in [7, 11) is 0. The first-order chi connectivity index (χ1) is 11.2. The molecule has 0 aliphatic rings. The van der Waals surface area contributed by atoms with Gasteiger partial charge in [-0.2, -0.15) is 13.2 Å². The van der Waals surface area contributed by atoms with Crippen molar-refractivity contribution in [3.05, 3.63) is 58.1 Å². The number of carbonyl (C=O) groups is 1. The van der Waals surface area contributed by atoms with Crippen LogP contribution in [0.25, 0.3) is 0 Å². The summed E-state index contributed by atoms with van der Waals surface area (Å²) in [6.45, 7) is 4.11. The van der Waals surface area contributed by atoms with Gasteiger partial charge in [0.1, 0.15) is 5.75 Å². The van der Waals surface area contributed by atoms with Crippen molar-refractivity contribution >= 4 is 23.2 Å². The van der Waals surface area contributed by atoms with Crippen LogP contribution in [0.5, 0.6) is 5.75 Å². The molecule has 0 spiro atoms. The monoisotopic (exact) mass is 357 g/mol. The largest absolute Gasteiger partial charge is 0.494 e. The van der Waals surface area contributed by atoms with E-state index in [9.17, 15) is 18.0 Å². The van der Waals surface area contributed by atoms with Gasteiger partial charge in [-0.25, -0.2) is 0 Å². The molecule has 7 heteroatoms. The normalized spacial score (nSPS) is 11.2. The van der Waals surface area contributed by atoms with E-state index in [4.69, 9.17) is 16.3 Å². The van der Waals surface area contributed by atoms with Gasteiger partial charge >= 0.3 is 6.18 Å². The maximum Gasteiger partial charge on any atom is 0.416 e. The van der Waals surface area contributed by atoms with E-state index in [2.05, 4.69) is 5.32 Å². The third-order valence-corrected chi connectivity index (χ3v) is 3.61. The number of alkyl halides is 3. The lowest BCUT2D eigenvalue weighted by atomic mass is 10.1. The number of nitrogens with one attached hydrogen (secondary N) is 1. The first-order valence-corrected chi connectivity index (χ1v) is 7.51. The Hall–Kier alpha value is -2.21. The molecule has 0 atom stereocenters. The summed E-state index contributed by atoms with van der Waals surface area (Å²) in [6.07, 6.45) is -4.51. The number of hydrogen-bond acceptors (Lipinski definition) is 2. The van der Waals surface area contributed by atoms with Gasteiger partial charge in [0.15, 0.2) is 0 Å². The summed E-state index contributed by atoms with van der Waals surface area (Å²) < 4.78 is 43.7. The van der Waals surface area contributed by atoms with Crippen LogP contribution >= 0.6 is 11.6 Å². The minimum atomic E-state index is -4.51. The number of hydrogen-bond donors (Lipinski definition) is 1. The van der Waals surface area contributed by atoms with Crippen molar-refractivity contribution in [2.75, 3.05) is 11.9 Å². The standard InChI is InChI=1S/C17H15ClF3NO2/c1-3-24-15-7-4-11(8-10(15)2)16(23)22-14-9-12(17(19,20)21)5-6-13(14)18/h4-9H,3H2,1-2H3,(H,22,23). The molecule has 0 radical (unpaired) electrons. The van der Waals surface area contributed by atoms with Gasteiger partial charge in [0.05, 0.1) is 22.9 Å². The molecule has 24 heavy (non-hydrogen) atoms. The molecule has 1 N–H and O–H groups in total. The van der Waals surface area contributed by atoms with Gasteiger partial charge in [-0.3, -0.25) is 4.79 Å². The lowest BCUT2D eigenvalue weighted by Crippen LogP contribution is -2.14. The lowest BCUT2D eigenvalue weighted by molar-refractivity contribution is -0.137. The number of amides is 1. The van der Waals surface area contributed by atoms with Crippen LogP contribution in [0.3, 0.4) is 0 Å². The first kappa shape index (κ1) is 18.1. The smallest absolute Gasteiger partial charge is 0.416 e. The molecule has 0 saturated carbocycles. The third-order valence-electron chi connectivity index (χ3n) is 3.28. The van der Waals surface area contributed by atoms with Crippen molar-refractivity contribution in [1.82, 2.24) is 0 Å². The summed E-state index contributed by atoms with van der Waals surface area (Å²) in [4.78, 5) is 12.3. The molecule has 0 aromatic heterocycles. The molecule has 0 unspecified atom stereocenters. The molecule has 0 aliphatic carbocycles. The fourth-order valence-electron chi connectivity index (χ4n) is 2.10. The predicted octanol–water partition coefficient (Wildman–Crippen LogP) is 5.32. The summed E-state index contributed by atoms with van der Waals surface area (Å²) in [5, 5.41) is 2.43. The number of ether oxygens (including phenoxy) is 1. The zero-order valence-electron chi connectivity index (χ0n) is 13.0. The van der Waals surface area contributed by atoms with E-state index in [0.717, 1.165) is 23.8 Å². The molecular weight excluding hydrogens is 343 g/mol. The Labute approximate surface area is 142 Å². The van der Waals surface area contributed by atoms with Crippen LogP contribution in [-0.2, 0) is 6.18 Å². The predicted molar refractivity (Wildman–Crippen MR) is 86.8 cm³/mol. The van der Waals surface area contributed by atoms with Gasteiger partial charge in [-0.05, 0) is 55.8 Å². The van der Waals surface area contributed by atoms with Crippen molar-refractivity contribution in [2.24, 2.45) is 0 Å². The molecule has 128 valence electrons. The number of anilines is 1. The van der Waals surface area contributed by atoms with Crippen molar-refractivity contribution < 1.29 is 22.7 Å². The lowest BCUT2D eigenvalue weighted by Gasteiger charge is -2.12. The van der Waals surface area contributed by atoms with Crippen LogP contribution < -0.4 is 10.1 Å². The SMILES string of the molecule is CCOc1ccc(C(=O)Nc2cc(C(F)(F)F)ccc2Cl)cc1C. The molecule has 3 nitrogen and oxygen atoms in total. The fourth-order valence-corrected chi connectivity index (χ4v) is 2.26. The summed E-state index contributed by atoms with van der Waals surface area (Å²) in [6, 6.07) is 7.54. The average molecular weight is 358 g/mol. The minimum Gasteiger partial charge on any atom is -0.494 e. The molecule has 0 heterocycles. The Balaban J connectivity index is 2.25. The van der Waals surface area contributed by atoms with Gasteiger partial charge in [-0.1, -0.05) is 11.6 Å². The van der Waals surface area contributed by atoms with Gasteiger partial charge in [0, 0.05) is 5.56 Å². The second-order valence-electron chi connectivity index (χ2n) is 5.06. The molecule has 2 rings (SSSR count). The number of aryl methyl sites for hydroxylation is 1. The van der Waals surface area contributed by atoms with Gasteiger partial charge in [0.2, 0.25) is 0 Å². The maximum absolute atomic E-state index is 12.8. The third kappa shape index (κ3) is 4.20. The van der Waals surface area contributed by atoms with Crippen molar-refractivity contribution in [3.8, 4) is 5.75 Å². The first-order valence-electron chi connectivity index (χ1n) is 7.14. The van der Waals surface area contributed by atoms with E-state index in [1.165, 1.54) is 6.07 Å². The van der Waals surface area contributed by atoms with Crippen LogP contribution in [-0.4, -0.2) is 12.5 Å². The Bertz CT molecular complexity index is 760. The molecule has 2 aromatic rings. The quantitative estimate of drug-likeness (QED) is 0.804. The van der Waals surface area contributed by atoms with E-state index >= 15 is 0 Å². The fraction of sp³-hybridized carbons (Fsp3) is 0.235. The van der Waals surface area contributed by atoms with E-state index in [1.54, 1.807) is 19.1 Å². The van der Waals surface area contributed by atoms with Crippen LogP contribution in [0.2, 0.25) is 5.02 Å². The molecule has 0 saturated heterocycles. The van der Waals surface area contributed by atoms with Crippen LogP contribution in [0, 0.1) is 6.92 Å². The molecule has 0 fully saturated rings. The zero-order chi connectivity index (χ0) is 17.9. The average Bonchev–Trinajstić information content (AvgIpc) is 2.50. The Morgan fingerprint density at radius 3 is 2.50 bits per heavy atom. The molecule has 2 aromatic carbocycles. The summed E-state index contributed by atoms with van der Waals surface area (Å²) in [5.41, 5.74) is 0.0668. The Kier molecular flexibility index (Phi) is 5.39. The van der Waals surface area contributed by atoms with Gasteiger partial charge < -0.3 is 10.1 Å². The highest BCUT2D eigenvalue weighted by Crippen LogP contribution is 2.34. The second kappa shape index (κ2) is 7.13. The molecular formula is C17H15ClF3NO2. The van der Waals surface area contributed by atoms with Crippen LogP contribution in [0.4, 0.5) is 18.9 Å². The Morgan fingerprint density at radius 2 is 1.92 bits per heavy atom. The van der Waals surface area contributed by atoms with E-state index in [0.29, 0.717) is 17.9 Å². The zero-order valence-corrected chi connectivity index (χ0v) is 13.8.